The van der Waals surface area contributed by atoms with Gasteiger partial charge in [0, 0.05) is 18.8 Å². The zero-order valence-corrected chi connectivity index (χ0v) is 11.7. The van der Waals surface area contributed by atoms with Crippen molar-refractivity contribution >= 4 is 11.6 Å². The monoisotopic (exact) mass is 297 g/mol. The molecule has 0 saturated heterocycles. The van der Waals surface area contributed by atoms with Crippen molar-refractivity contribution in [3.05, 3.63) is 46.8 Å². The van der Waals surface area contributed by atoms with Crippen LogP contribution in [0.25, 0.3) is 0 Å². The summed E-state index contributed by atoms with van der Waals surface area (Å²) in [4.78, 5) is 12.1. The topological polar surface area (TPSA) is 46.9 Å². The van der Waals surface area contributed by atoms with Crippen LogP contribution in [0.2, 0.25) is 0 Å². The van der Waals surface area contributed by atoms with E-state index in [0.717, 1.165) is 24.2 Å². The van der Waals surface area contributed by atoms with Crippen molar-refractivity contribution in [3.63, 3.8) is 0 Å². The highest BCUT2D eigenvalue weighted by molar-refractivity contribution is 6.03. The Labute approximate surface area is 119 Å². The molecule has 0 aliphatic rings. The van der Waals surface area contributed by atoms with Crippen molar-refractivity contribution in [2.75, 3.05) is 5.32 Å². The molecule has 0 atom stereocenters. The molecule has 21 heavy (non-hydrogen) atoms. The third-order valence-electron chi connectivity index (χ3n) is 3.12. The van der Waals surface area contributed by atoms with Crippen LogP contribution in [0, 0.1) is 13.8 Å². The van der Waals surface area contributed by atoms with E-state index in [4.69, 9.17) is 0 Å². The lowest BCUT2D eigenvalue weighted by atomic mass is 10.1. The van der Waals surface area contributed by atoms with Crippen LogP contribution in [0.15, 0.2) is 24.3 Å². The van der Waals surface area contributed by atoms with Gasteiger partial charge in [0.15, 0.2) is 5.69 Å². The Morgan fingerprint density at radius 3 is 2.29 bits per heavy atom. The smallest absolute Gasteiger partial charge is 0.320 e. The van der Waals surface area contributed by atoms with Crippen molar-refractivity contribution in [2.45, 2.75) is 20.0 Å². The summed E-state index contributed by atoms with van der Waals surface area (Å²) in [5.74, 6) is -0.668. The summed E-state index contributed by atoms with van der Waals surface area (Å²) in [7, 11) is 1.15. The van der Waals surface area contributed by atoms with E-state index in [9.17, 15) is 18.0 Å². The number of carbonyl (C=O) groups is 1. The lowest BCUT2D eigenvalue weighted by Gasteiger charge is -2.10. The average molecular weight is 297 g/mol. The number of rotatable bonds is 2. The first-order chi connectivity index (χ1) is 9.70. The zero-order chi connectivity index (χ0) is 15.8. The highest BCUT2D eigenvalue weighted by Crippen LogP contribution is 2.29. The van der Waals surface area contributed by atoms with E-state index < -0.39 is 17.8 Å². The maximum Gasteiger partial charge on any atom is 0.433 e. The van der Waals surface area contributed by atoms with E-state index in [1.54, 1.807) is 0 Å². The SMILES string of the molecule is Cc1cccc(C)c1NC(=O)c1cc(C(F)(F)F)n(C)n1. The fourth-order valence-corrected chi connectivity index (χ4v) is 2.03. The number of para-hydroxylation sites is 1. The Kier molecular flexibility index (Phi) is 3.76. The van der Waals surface area contributed by atoms with E-state index in [1.165, 1.54) is 0 Å². The van der Waals surface area contributed by atoms with E-state index in [2.05, 4.69) is 10.4 Å². The predicted octanol–water partition coefficient (Wildman–Crippen LogP) is 3.31. The van der Waals surface area contributed by atoms with Crippen LogP contribution < -0.4 is 5.32 Å². The molecule has 1 aromatic carbocycles. The Morgan fingerprint density at radius 2 is 1.81 bits per heavy atom. The van der Waals surface area contributed by atoms with Gasteiger partial charge in [-0.15, -0.1) is 0 Å². The molecule has 0 aliphatic heterocycles. The number of hydrogen-bond donors (Lipinski definition) is 1. The molecule has 1 heterocycles. The number of anilines is 1. The molecule has 2 rings (SSSR count). The number of amides is 1. The van der Waals surface area contributed by atoms with Gasteiger partial charge in [0.25, 0.3) is 5.91 Å². The van der Waals surface area contributed by atoms with Gasteiger partial charge in [-0.05, 0) is 25.0 Å². The summed E-state index contributed by atoms with van der Waals surface area (Å²) >= 11 is 0. The van der Waals surface area contributed by atoms with Gasteiger partial charge >= 0.3 is 6.18 Å². The molecule has 0 saturated carbocycles. The first-order valence-electron chi connectivity index (χ1n) is 6.19. The molecular formula is C14H14F3N3O. The van der Waals surface area contributed by atoms with Crippen LogP contribution in [-0.2, 0) is 13.2 Å². The van der Waals surface area contributed by atoms with Gasteiger partial charge in [0.1, 0.15) is 5.69 Å². The zero-order valence-electron chi connectivity index (χ0n) is 11.7. The molecule has 112 valence electrons. The minimum atomic E-state index is -4.54. The summed E-state index contributed by atoms with van der Waals surface area (Å²) in [6.45, 7) is 3.62. The number of aromatic nitrogens is 2. The summed E-state index contributed by atoms with van der Waals surface area (Å²) < 4.78 is 38.7. The highest BCUT2D eigenvalue weighted by Gasteiger charge is 2.35. The number of halogens is 3. The molecule has 1 N–H and O–H groups in total. The van der Waals surface area contributed by atoms with Crippen molar-refractivity contribution in [3.8, 4) is 0 Å². The van der Waals surface area contributed by atoms with E-state index in [0.29, 0.717) is 10.4 Å². The number of alkyl halides is 3. The van der Waals surface area contributed by atoms with Gasteiger partial charge in [-0.1, -0.05) is 18.2 Å². The van der Waals surface area contributed by atoms with Crippen molar-refractivity contribution < 1.29 is 18.0 Å². The van der Waals surface area contributed by atoms with Crippen molar-refractivity contribution in [1.29, 1.82) is 0 Å². The minimum absolute atomic E-state index is 0.271. The van der Waals surface area contributed by atoms with E-state index in [-0.39, 0.29) is 5.69 Å². The number of nitrogens with zero attached hydrogens (tertiary/aromatic N) is 2. The van der Waals surface area contributed by atoms with Gasteiger partial charge in [-0.25, -0.2) is 0 Å². The van der Waals surface area contributed by atoms with E-state index in [1.807, 2.05) is 32.0 Å². The van der Waals surface area contributed by atoms with Crippen LogP contribution >= 0.6 is 0 Å². The summed E-state index contributed by atoms with van der Waals surface area (Å²) in [6.07, 6.45) is -4.54. The van der Waals surface area contributed by atoms with Gasteiger partial charge in [0.2, 0.25) is 0 Å². The molecule has 0 aliphatic carbocycles. The molecule has 0 bridgehead atoms. The fraction of sp³-hybridized carbons (Fsp3) is 0.286. The Balaban J connectivity index is 2.30. The third-order valence-corrected chi connectivity index (χ3v) is 3.12. The Hall–Kier alpha value is -2.31. The maximum atomic E-state index is 12.7. The first-order valence-corrected chi connectivity index (χ1v) is 6.19. The quantitative estimate of drug-likeness (QED) is 0.924. The molecule has 1 amide bonds. The molecule has 7 heteroatoms. The molecule has 1 aromatic heterocycles. The lowest BCUT2D eigenvalue weighted by molar-refractivity contribution is -0.143. The van der Waals surface area contributed by atoms with Crippen molar-refractivity contribution in [2.24, 2.45) is 7.05 Å². The molecule has 0 spiro atoms. The fourth-order valence-electron chi connectivity index (χ4n) is 2.03. The van der Waals surface area contributed by atoms with Crippen LogP contribution in [-0.4, -0.2) is 15.7 Å². The third kappa shape index (κ3) is 3.07. The molecule has 0 radical (unpaired) electrons. The van der Waals surface area contributed by atoms with Gasteiger partial charge in [-0.2, -0.15) is 18.3 Å². The number of hydrogen-bond acceptors (Lipinski definition) is 2. The number of carbonyl (C=O) groups excluding carboxylic acids is 1. The summed E-state index contributed by atoms with van der Waals surface area (Å²) in [6, 6.07) is 6.19. The second-order valence-corrected chi connectivity index (χ2v) is 4.76. The predicted molar refractivity (Wildman–Crippen MR) is 72.1 cm³/mol. The molecule has 0 fully saturated rings. The maximum absolute atomic E-state index is 12.7. The van der Waals surface area contributed by atoms with Crippen LogP contribution in [0.3, 0.4) is 0 Å². The van der Waals surface area contributed by atoms with Gasteiger partial charge in [-0.3, -0.25) is 9.48 Å². The largest absolute Gasteiger partial charge is 0.433 e. The second-order valence-electron chi connectivity index (χ2n) is 4.76. The Bertz CT molecular complexity index is 669. The summed E-state index contributed by atoms with van der Waals surface area (Å²) in [5.41, 5.74) is 1.01. The normalized spacial score (nSPS) is 11.5. The van der Waals surface area contributed by atoms with Crippen molar-refractivity contribution in [1.82, 2.24) is 9.78 Å². The molecule has 0 unspecified atom stereocenters. The van der Waals surface area contributed by atoms with Gasteiger partial charge < -0.3 is 5.32 Å². The van der Waals surface area contributed by atoms with Gasteiger partial charge in [0.05, 0.1) is 0 Å². The van der Waals surface area contributed by atoms with Crippen LogP contribution in [0.1, 0.15) is 27.3 Å². The molecular weight excluding hydrogens is 283 g/mol. The first kappa shape index (κ1) is 15.1. The molecule has 4 nitrogen and oxygen atoms in total. The Morgan fingerprint density at radius 1 is 1.24 bits per heavy atom. The average Bonchev–Trinajstić information content (AvgIpc) is 2.76. The number of benzene rings is 1. The highest BCUT2D eigenvalue weighted by atomic mass is 19.4. The van der Waals surface area contributed by atoms with E-state index >= 15 is 0 Å². The summed E-state index contributed by atoms with van der Waals surface area (Å²) in [5, 5.41) is 6.22. The number of nitrogens with one attached hydrogen (secondary N) is 1. The lowest BCUT2D eigenvalue weighted by Crippen LogP contribution is -2.14. The standard InChI is InChI=1S/C14H14F3N3O/c1-8-5-4-6-9(2)12(8)18-13(21)10-7-11(14(15,16)17)20(3)19-10/h4-7H,1-3H3,(H,18,21). The second kappa shape index (κ2) is 5.23. The minimum Gasteiger partial charge on any atom is -0.320 e. The molecule has 2 aromatic rings. The number of aryl methyl sites for hydroxylation is 3. The van der Waals surface area contributed by atoms with Crippen LogP contribution in [0.5, 0.6) is 0 Å². The van der Waals surface area contributed by atoms with Crippen LogP contribution in [0.4, 0.5) is 18.9 Å².